The van der Waals surface area contributed by atoms with Crippen LogP contribution in [0.2, 0.25) is 0 Å². The molecule has 0 aliphatic heterocycles. The molecule has 2 heterocycles. The molecule has 49 heavy (non-hydrogen) atoms. The van der Waals surface area contributed by atoms with E-state index in [0.29, 0.717) is 0 Å². The largest absolute Gasteiger partial charge is 0.455 e. The van der Waals surface area contributed by atoms with Crippen LogP contribution in [0.25, 0.3) is 98.9 Å². The molecule has 0 atom stereocenters. The van der Waals surface area contributed by atoms with Crippen molar-refractivity contribution < 1.29 is 4.42 Å². The Hall–Kier alpha value is -6.51. The molecule has 0 fully saturated rings. The summed E-state index contributed by atoms with van der Waals surface area (Å²) in [5, 5.41) is 9.47. The Morgan fingerprint density at radius 3 is 1.55 bits per heavy atom. The minimum absolute atomic E-state index is 0.874. The van der Waals surface area contributed by atoms with E-state index in [-0.39, 0.29) is 0 Å². The Kier molecular flexibility index (Phi) is 6.22. The van der Waals surface area contributed by atoms with E-state index in [4.69, 9.17) is 9.40 Å². The maximum absolute atomic E-state index is 6.47. The number of nitrogens with zero attached hydrogens (tertiary/aromatic N) is 1. The molecule has 0 aliphatic carbocycles. The number of benzene rings is 8. The topological polar surface area (TPSA) is 26.0 Å². The van der Waals surface area contributed by atoms with E-state index in [1.807, 2.05) is 6.20 Å². The summed E-state index contributed by atoms with van der Waals surface area (Å²) >= 11 is 0. The predicted octanol–water partition coefficient (Wildman–Crippen LogP) is 13.1. The summed E-state index contributed by atoms with van der Waals surface area (Å²) in [4.78, 5) is 5.03. The van der Waals surface area contributed by atoms with E-state index in [0.717, 1.165) is 44.1 Å². The Morgan fingerprint density at radius 2 is 0.878 bits per heavy atom. The van der Waals surface area contributed by atoms with Crippen LogP contribution in [-0.2, 0) is 0 Å². The maximum Gasteiger partial charge on any atom is 0.143 e. The normalized spacial score (nSPS) is 11.7. The number of rotatable bonds is 4. The van der Waals surface area contributed by atoms with Gasteiger partial charge in [-0.1, -0.05) is 146 Å². The van der Waals surface area contributed by atoms with Crippen LogP contribution in [0.1, 0.15) is 0 Å². The van der Waals surface area contributed by atoms with E-state index in [2.05, 4.69) is 170 Å². The van der Waals surface area contributed by atoms with Gasteiger partial charge in [-0.25, -0.2) is 0 Å². The van der Waals surface area contributed by atoms with Gasteiger partial charge in [-0.05, 0) is 79.0 Å². The van der Waals surface area contributed by atoms with Crippen LogP contribution in [-0.4, -0.2) is 4.98 Å². The van der Waals surface area contributed by atoms with Crippen molar-refractivity contribution in [3.05, 3.63) is 176 Å². The number of aromatic nitrogens is 1. The molecule has 2 aromatic heterocycles. The van der Waals surface area contributed by atoms with E-state index >= 15 is 0 Å². The Bertz CT molecular complexity index is 2790. The van der Waals surface area contributed by atoms with Crippen LogP contribution in [0.5, 0.6) is 0 Å². The summed E-state index contributed by atoms with van der Waals surface area (Å²) < 4.78 is 6.47. The summed E-state index contributed by atoms with van der Waals surface area (Å²) in [6, 6.07) is 60.6. The number of pyridine rings is 1. The third-order valence-electron chi connectivity index (χ3n) is 9.92. The number of hydrogen-bond donors (Lipinski definition) is 0. The molecule has 0 spiro atoms. The van der Waals surface area contributed by atoms with Gasteiger partial charge in [-0.2, -0.15) is 0 Å². The van der Waals surface area contributed by atoms with Crippen LogP contribution in [0.3, 0.4) is 0 Å². The standard InChI is InChI=1S/C47H29NO/c1-2-10-30(11-3-1)31-18-20-33(21-19-31)45-38-14-6-8-16-40(38)46(41-17-9-7-15-39(41)45)35-24-27-43(48-29-35)34-23-25-37-42-26-22-32-12-4-5-13-36(32)47(42)49-44(37)28-34/h1-29H. The van der Waals surface area contributed by atoms with Crippen LogP contribution in [0.15, 0.2) is 180 Å². The molecule has 0 unspecified atom stereocenters. The molecule has 10 rings (SSSR count). The van der Waals surface area contributed by atoms with E-state index in [9.17, 15) is 0 Å². The molecule has 10 aromatic rings. The molecule has 0 radical (unpaired) electrons. The first-order chi connectivity index (χ1) is 24.3. The zero-order chi connectivity index (χ0) is 32.3. The molecule has 0 aliphatic rings. The molecular formula is C47H29NO. The third kappa shape index (κ3) is 4.46. The molecule has 228 valence electrons. The van der Waals surface area contributed by atoms with Crippen molar-refractivity contribution in [2.24, 2.45) is 0 Å². The minimum Gasteiger partial charge on any atom is -0.455 e. The minimum atomic E-state index is 0.874. The lowest BCUT2D eigenvalue weighted by Crippen LogP contribution is -1.92. The van der Waals surface area contributed by atoms with Crippen LogP contribution >= 0.6 is 0 Å². The Labute approximate surface area is 283 Å². The first-order valence-electron chi connectivity index (χ1n) is 16.7. The molecular weight excluding hydrogens is 595 g/mol. The van der Waals surface area contributed by atoms with Gasteiger partial charge in [0.05, 0.1) is 5.69 Å². The molecule has 0 amide bonds. The van der Waals surface area contributed by atoms with Gasteiger partial charge in [-0.3, -0.25) is 4.98 Å². The molecule has 8 aromatic carbocycles. The number of furan rings is 1. The summed E-state index contributed by atoms with van der Waals surface area (Å²) in [6.07, 6.45) is 2.02. The van der Waals surface area contributed by atoms with Gasteiger partial charge in [0.15, 0.2) is 0 Å². The van der Waals surface area contributed by atoms with E-state index in [1.165, 1.54) is 54.7 Å². The molecule has 2 nitrogen and oxygen atoms in total. The fourth-order valence-electron chi connectivity index (χ4n) is 7.59. The van der Waals surface area contributed by atoms with Crippen molar-refractivity contribution >= 4 is 54.3 Å². The quantitative estimate of drug-likeness (QED) is 0.182. The Balaban J connectivity index is 1.08. The van der Waals surface area contributed by atoms with Gasteiger partial charge in [0, 0.05) is 33.5 Å². The summed E-state index contributed by atoms with van der Waals surface area (Å²) in [5.74, 6) is 0. The lowest BCUT2D eigenvalue weighted by molar-refractivity contribution is 0.673. The lowest BCUT2D eigenvalue weighted by atomic mass is 9.86. The first-order valence-corrected chi connectivity index (χ1v) is 16.7. The van der Waals surface area contributed by atoms with Crippen LogP contribution in [0, 0.1) is 0 Å². The van der Waals surface area contributed by atoms with Gasteiger partial charge in [0.2, 0.25) is 0 Å². The summed E-state index contributed by atoms with van der Waals surface area (Å²) in [7, 11) is 0. The van der Waals surface area contributed by atoms with Crippen molar-refractivity contribution in [3.8, 4) is 44.6 Å². The number of fused-ring (bicyclic) bond motifs is 7. The Morgan fingerprint density at radius 1 is 0.347 bits per heavy atom. The zero-order valence-electron chi connectivity index (χ0n) is 26.6. The van der Waals surface area contributed by atoms with Crippen molar-refractivity contribution in [1.82, 2.24) is 4.98 Å². The highest BCUT2D eigenvalue weighted by Gasteiger charge is 2.17. The van der Waals surface area contributed by atoms with Gasteiger partial charge in [0.1, 0.15) is 11.2 Å². The zero-order valence-corrected chi connectivity index (χ0v) is 26.6. The second-order valence-corrected chi connectivity index (χ2v) is 12.7. The first kappa shape index (κ1) is 27.6. The van der Waals surface area contributed by atoms with Crippen LogP contribution in [0.4, 0.5) is 0 Å². The molecule has 2 heteroatoms. The van der Waals surface area contributed by atoms with Gasteiger partial charge < -0.3 is 4.42 Å². The van der Waals surface area contributed by atoms with E-state index < -0.39 is 0 Å². The van der Waals surface area contributed by atoms with Gasteiger partial charge in [-0.15, -0.1) is 0 Å². The van der Waals surface area contributed by atoms with Gasteiger partial charge in [0.25, 0.3) is 0 Å². The monoisotopic (exact) mass is 623 g/mol. The second-order valence-electron chi connectivity index (χ2n) is 12.7. The average molecular weight is 624 g/mol. The molecule has 0 saturated carbocycles. The van der Waals surface area contributed by atoms with Crippen LogP contribution < -0.4 is 0 Å². The van der Waals surface area contributed by atoms with Gasteiger partial charge >= 0.3 is 0 Å². The number of hydrogen-bond acceptors (Lipinski definition) is 2. The highest BCUT2D eigenvalue weighted by atomic mass is 16.3. The second kappa shape index (κ2) is 11.0. The molecule has 0 saturated heterocycles. The fraction of sp³-hybridized carbons (Fsp3) is 0. The van der Waals surface area contributed by atoms with Crippen molar-refractivity contribution in [2.45, 2.75) is 0 Å². The summed E-state index contributed by atoms with van der Waals surface area (Å²) in [6.45, 7) is 0. The smallest absolute Gasteiger partial charge is 0.143 e. The predicted molar refractivity (Wildman–Crippen MR) is 206 cm³/mol. The maximum atomic E-state index is 6.47. The van der Waals surface area contributed by atoms with E-state index in [1.54, 1.807) is 0 Å². The average Bonchev–Trinajstić information content (AvgIpc) is 3.56. The molecule has 0 N–H and O–H groups in total. The highest BCUT2D eigenvalue weighted by molar-refractivity contribution is 6.21. The molecule has 0 bridgehead atoms. The van der Waals surface area contributed by atoms with Crippen molar-refractivity contribution in [1.29, 1.82) is 0 Å². The third-order valence-corrected chi connectivity index (χ3v) is 9.92. The summed E-state index contributed by atoms with van der Waals surface area (Å²) in [5.41, 5.74) is 11.0. The SMILES string of the molecule is c1ccc(-c2ccc(-c3c4ccccc4c(-c4ccc(-c5ccc6c(c5)oc5c7ccccc7ccc65)nc4)c4ccccc34)cc2)cc1. The lowest BCUT2D eigenvalue weighted by Gasteiger charge is -2.18. The highest BCUT2D eigenvalue weighted by Crippen LogP contribution is 2.44. The van der Waals surface area contributed by atoms with Crippen molar-refractivity contribution in [3.63, 3.8) is 0 Å². The van der Waals surface area contributed by atoms with Crippen molar-refractivity contribution in [2.75, 3.05) is 0 Å². The fourth-order valence-corrected chi connectivity index (χ4v) is 7.59.